The summed E-state index contributed by atoms with van der Waals surface area (Å²) >= 11 is 0. The minimum absolute atomic E-state index is 0.0430. The van der Waals surface area contributed by atoms with Crippen molar-refractivity contribution in [2.45, 2.75) is 32.4 Å². The first-order valence-corrected chi connectivity index (χ1v) is 5.10. The number of Topliss-reactive ketones (excluding diaryl/α,β-unsaturated/α-hetero) is 1. The van der Waals surface area contributed by atoms with Gasteiger partial charge in [0.1, 0.15) is 11.8 Å². The Bertz CT molecular complexity index is 316. The second kappa shape index (κ2) is 4.96. The average Bonchev–Trinajstić information content (AvgIpc) is 2.45. The normalized spacial score (nSPS) is 24.4. The predicted molar refractivity (Wildman–Crippen MR) is 55.8 cm³/mol. The molecule has 0 spiro atoms. The standard InChI is InChI=1S/C10H16N2O4/c1-6-4-8(11-10(15)16-3)9(14)12(6)5-7(2)13/h6,8H,4-5H2,1-3H3,(H,11,15)/t6-,8+/m1/s1. The molecule has 1 fully saturated rings. The number of methoxy groups -OCH3 is 1. The topological polar surface area (TPSA) is 75.7 Å². The van der Waals surface area contributed by atoms with Crippen molar-refractivity contribution in [3.63, 3.8) is 0 Å². The maximum Gasteiger partial charge on any atom is 0.407 e. The molecular formula is C10H16N2O4. The van der Waals surface area contributed by atoms with Gasteiger partial charge >= 0.3 is 6.09 Å². The van der Waals surface area contributed by atoms with Crippen molar-refractivity contribution in [2.24, 2.45) is 0 Å². The zero-order valence-corrected chi connectivity index (χ0v) is 9.65. The molecule has 16 heavy (non-hydrogen) atoms. The van der Waals surface area contributed by atoms with Crippen LogP contribution in [0.25, 0.3) is 0 Å². The molecule has 1 saturated heterocycles. The van der Waals surface area contributed by atoms with E-state index >= 15 is 0 Å². The lowest BCUT2D eigenvalue weighted by Gasteiger charge is -2.19. The van der Waals surface area contributed by atoms with Crippen LogP contribution in [-0.2, 0) is 14.3 Å². The highest BCUT2D eigenvalue weighted by molar-refractivity contribution is 5.91. The van der Waals surface area contributed by atoms with Crippen LogP contribution in [0.2, 0.25) is 0 Å². The summed E-state index contributed by atoms with van der Waals surface area (Å²) in [5.41, 5.74) is 0. The smallest absolute Gasteiger partial charge is 0.407 e. The van der Waals surface area contributed by atoms with Gasteiger partial charge in [-0.05, 0) is 20.3 Å². The van der Waals surface area contributed by atoms with Crippen LogP contribution in [0.4, 0.5) is 4.79 Å². The molecule has 1 aliphatic rings. The number of carbonyl (C=O) groups is 3. The maximum absolute atomic E-state index is 11.8. The number of hydrogen-bond acceptors (Lipinski definition) is 4. The van der Waals surface area contributed by atoms with E-state index in [-0.39, 0.29) is 24.3 Å². The number of amides is 2. The molecule has 0 aliphatic carbocycles. The number of ether oxygens (including phenoxy) is 1. The van der Waals surface area contributed by atoms with Gasteiger partial charge in [-0.3, -0.25) is 9.59 Å². The highest BCUT2D eigenvalue weighted by atomic mass is 16.5. The molecular weight excluding hydrogens is 212 g/mol. The van der Waals surface area contributed by atoms with Crippen molar-refractivity contribution >= 4 is 17.8 Å². The molecule has 0 aromatic carbocycles. The lowest BCUT2D eigenvalue weighted by molar-refractivity contribution is -0.134. The number of carbonyl (C=O) groups excluding carboxylic acids is 3. The molecule has 0 aromatic heterocycles. The van der Waals surface area contributed by atoms with E-state index < -0.39 is 12.1 Å². The minimum atomic E-state index is -0.629. The van der Waals surface area contributed by atoms with Gasteiger partial charge in [0.15, 0.2) is 0 Å². The Hall–Kier alpha value is -1.59. The molecule has 1 rings (SSSR count). The molecule has 6 nitrogen and oxygen atoms in total. The summed E-state index contributed by atoms with van der Waals surface area (Å²) < 4.78 is 4.42. The van der Waals surface area contributed by atoms with Gasteiger partial charge in [-0.2, -0.15) is 0 Å². The Labute approximate surface area is 93.9 Å². The SMILES string of the molecule is COC(=O)N[C@H]1C[C@@H](C)N(CC(C)=O)C1=O. The third-order valence-corrected chi connectivity index (χ3v) is 2.56. The zero-order chi connectivity index (χ0) is 12.3. The summed E-state index contributed by atoms with van der Waals surface area (Å²) in [4.78, 5) is 35.2. The number of likely N-dealkylation sites (tertiary alicyclic amines) is 1. The third kappa shape index (κ3) is 2.71. The molecule has 0 bridgehead atoms. The van der Waals surface area contributed by atoms with Crippen molar-refractivity contribution < 1.29 is 19.1 Å². The molecule has 1 N–H and O–H groups in total. The molecule has 0 radical (unpaired) electrons. The van der Waals surface area contributed by atoms with Crippen LogP contribution in [0, 0.1) is 0 Å². The van der Waals surface area contributed by atoms with E-state index in [1.54, 1.807) is 0 Å². The number of rotatable bonds is 3. The van der Waals surface area contributed by atoms with Crippen molar-refractivity contribution in [2.75, 3.05) is 13.7 Å². The Morgan fingerprint density at radius 1 is 1.56 bits per heavy atom. The number of hydrogen-bond donors (Lipinski definition) is 1. The Kier molecular flexibility index (Phi) is 3.87. The summed E-state index contributed by atoms with van der Waals surface area (Å²) in [5, 5.41) is 2.45. The van der Waals surface area contributed by atoms with Gasteiger partial charge in [-0.15, -0.1) is 0 Å². The lowest BCUT2D eigenvalue weighted by Crippen LogP contribution is -2.43. The number of nitrogens with zero attached hydrogens (tertiary/aromatic N) is 1. The third-order valence-electron chi connectivity index (χ3n) is 2.56. The molecule has 0 aromatic rings. The quantitative estimate of drug-likeness (QED) is 0.733. The fourth-order valence-electron chi connectivity index (χ4n) is 1.78. The van der Waals surface area contributed by atoms with E-state index in [2.05, 4.69) is 10.1 Å². The van der Waals surface area contributed by atoms with Gasteiger partial charge in [-0.1, -0.05) is 0 Å². The van der Waals surface area contributed by atoms with Crippen LogP contribution in [0.15, 0.2) is 0 Å². The lowest BCUT2D eigenvalue weighted by atomic mass is 10.2. The summed E-state index contributed by atoms with van der Waals surface area (Å²) in [6.45, 7) is 3.38. The fraction of sp³-hybridized carbons (Fsp3) is 0.700. The second-order valence-corrected chi connectivity index (χ2v) is 3.94. The number of alkyl carbamates (subject to hydrolysis) is 1. The van der Waals surface area contributed by atoms with E-state index in [0.717, 1.165) is 0 Å². The highest BCUT2D eigenvalue weighted by Crippen LogP contribution is 2.18. The van der Waals surface area contributed by atoms with E-state index in [4.69, 9.17) is 0 Å². The Morgan fingerprint density at radius 2 is 2.19 bits per heavy atom. The monoisotopic (exact) mass is 228 g/mol. The first kappa shape index (κ1) is 12.5. The van der Waals surface area contributed by atoms with Gasteiger partial charge in [-0.25, -0.2) is 4.79 Å². The molecule has 1 aliphatic heterocycles. The van der Waals surface area contributed by atoms with E-state index in [9.17, 15) is 14.4 Å². The van der Waals surface area contributed by atoms with Gasteiger partial charge in [0.2, 0.25) is 5.91 Å². The average molecular weight is 228 g/mol. The van der Waals surface area contributed by atoms with Gasteiger partial charge < -0.3 is 15.0 Å². The highest BCUT2D eigenvalue weighted by Gasteiger charge is 2.38. The Morgan fingerprint density at radius 3 is 2.69 bits per heavy atom. The van der Waals surface area contributed by atoms with E-state index in [0.29, 0.717) is 6.42 Å². The second-order valence-electron chi connectivity index (χ2n) is 3.94. The van der Waals surface area contributed by atoms with Crippen LogP contribution >= 0.6 is 0 Å². The summed E-state index contributed by atoms with van der Waals surface area (Å²) in [6.07, 6.45) is -0.128. The van der Waals surface area contributed by atoms with Crippen LogP contribution in [0.1, 0.15) is 20.3 Å². The van der Waals surface area contributed by atoms with E-state index in [1.807, 2.05) is 6.92 Å². The maximum atomic E-state index is 11.8. The molecule has 2 amide bonds. The van der Waals surface area contributed by atoms with Crippen molar-refractivity contribution in [3.05, 3.63) is 0 Å². The molecule has 90 valence electrons. The molecule has 1 heterocycles. The summed E-state index contributed by atoms with van der Waals surface area (Å²) in [6, 6.07) is -0.625. The number of nitrogens with one attached hydrogen (secondary N) is 1. The Balaban J connectivity index is 2.63. The van der Waals surface area contributed by atoms with Crippen LogP contribution < -0.4 is 5.32 Å². The first-order valence-electron chi connectivity index (χ1n) is 5.10. The van der Waals surface area contributed by atoms with Crippen LogP contribution in [0.3, 0.4) is 0 Å². The van der Waals surface area contributed by atoms with Gasteiger partial charge in [0.05, 0.1) is 13.7 Å². The summed E-state index contributed by atoms with van der Waals surface area (Å²) in [5.74, 6) is -0.299. The number of ketones is 1. The van der Waals surface area contributed by atoms with Crippen molar-refractivity contribution in [1.29, 1.82) is 0 Å². The van der Waals surface area contributed by atoms with E-state index in [1.165, 1.54) is 18.9 Å². The summed E-state index contributed by atoms with van der Waals surface area (Å²) in [7, 11) is 1.24. The van der Waals surface area contributed by atoms with Crippen LogP contribution in [0.5, 0.6) is 0 Å². The minimum Gasteiger partial charge on any atom is -0.453 e. The zero-order valence-electron chi connectivity index (χ0n) is 9.65. The molecule has 2 atom stereocenters. The largest absolute Gasteiger partial charge is 0.453 e. The van der Waals surface area contributed by atoms with Gasteiger partial charge in [0, 0.05) is 6.04 Å². The van der Waals surface area contributed by atoms with Crippen molar-refractivity contribution in [3.8, 4) is 0 Å². The predicted octanol–water partition coefficient (Wildman–Crippen LogP) is -0.0792. The molecule has 0 unspecified atom stereocenters. The fourth-order valence-corrected chi connectivity index (χ4v) is 1.78. The van der Waals surface area contributed by atoms with Gasteiger partial charge in [0.25, 0.3) is 0 Å². The first-order chi connectivity index (χ1) is 7.45. The molecule has 0 saturated carbocycles. The van der Waals surface area contributed by atoms with Crippen molar-refractivity contribution in [1.82, 2.24) is 10.2 Å². The molecule has 6 heteroatoms. The van der Waals surface area contributed by atoms with Crippen LogP contribution in [-0.4, -0.2) is 48.4 Å².